The van der Waals surface area contributed by atoms with Crippen molar-refractivity contribution in [2.45, 2.75) is 95.1 Å². The van der Waals surface area contributed by atoms with Gasteiger partial charge in [-0.05, 0) is 81.4 Å². The first-order chi connectivity index (χ1) is 17.7. The summed E-state index contributed by atoms with van der Waals surface area (Å²) in [6.07, 6.45) is 0.810. The molecule has 2 saturated heterocycles. The minimum atomic E-state index is -4.16. The van der Waals surface area contributed by atoms with E-state index in [4.69, 9.17) is 4.74 Å². The maximum absolute atomic E-state index is 13.0. The Morgan fingerprint density at radius 1 is 1.08 bits per heavy atom. The van der Waals surface area contributed by atoms with E-state index in [9.17, 15) is 28.3 Å². The number of aliphatic carboxylic acids is 1. The lowest BCUT2D eigenvalue weighted by Gasteiger charge is -2.51. The van der Waals surface area contributed by atoms with Gasteiger partial charge in [0.1, 0.15) is 17.4 Å². The van der Waals surface area contributed by atoms with Crippen molar-refractivity contribution in [1.29, 1.82) is 5.26 Å². The van der Waals surface area contributed by atoms with Gasteiger partial charge in [-0.25, -0.2) is 0 Å². The van der Waals surface area contributed by atoms with Crippen LogP contribution in [0.2, 0.25) is 0 Å². The van der Waals surface area contributed by atoms with Crippen molar-refractivity contribution in [1.82, 2.24) is 4.90 Å². The molecule has 2 aromatic rings. The van der Waals surface area contributed by atoms with Gasteiger partial charge in [0.15, 0.2) is 0 Å². The molecule has 0 amide bonds. The van der Waals surface area contributed by atoms with Crippen LogP contribution in [0, 0.1) is 23.2 Å². The van der Waals surface area contributed by atoms with Crippen LogP contribution < -0.4 is 4.74 Å². The second-order valence-electron chi connectivity index (χ2n) is 11.0. The monoisotopic (exact) mass is 514 g/mol. The SMILES string of the molecule is CC(c1ccc2c(C#N)c(OC3CCC(C(F)(F)F)CC3)ccc2c1)N1C2CCCC1CC(C(=O)O)C2. The molecule has 0 spiro atoms. The summed E-state index contributed by atoms with van der Waals surface area (Å²) >= 11 is 0. The molecule has 2 bridgehead atoms. The van der Waals surface area contributed by atoms with Crippen LogP contribution in [0.15, 0.2) is 30.3 Å². The van der Waals surface area contributed by atoms with Crippen molar-refractivity contribution in [3.63, 3.8) is 0 Å². The van der Waals surface area contributed by atoms with Gasteiger partial charge in [-0.15, -0.1) is 0 Å². The highest BCUT2D eigenvalue weighted by Crippen LogP contribution is 2.43. The maximum atomic E-state index is 13.0. The molecule has 2 heterocycles. The number of alkyl halides is 3. The molecule has 2 aliphatic heterocycles. The van der Waals surface area contributed by atoms with E-state index in [1.165, 1.54) is 0 Å². The number of piperidine rings is 2. The third-order valence-electron chi connectivity index (χ3n) is 8.86. The molecule has 3 atom stereocenters. The number of carboxylic acid groups (broad SMARTS) is 1. The first-order valence-corrected chi connectivity index (χ1v) is 13.4. The molecule has 2 aromatic carbocycles. The van der Waals surface area contributed by atoms with Gasteiger partial charge in [-0.1, -0.05) is 24.6 Å². The summed E-state index contributed by atoms with van der Waals surface area (Å²) < 4.78 is 45.1. The first-order valence-electron chi connectivity index (χ1n) is 13.4. The minimum Gasteiger partial charge on any atom is -0.489 e. The number of carboxylic acids is 1. The van der Waals surface area contributed by atoms with Crippen molar-refractivity contribution in [3.8, 4) is 11.8 Å². The van der Waals surface area contributed by atoms with Crippen LogP contribution in [0.1, 0.15) is 81.9 Å². The highest BCUT2D eigenvalue weighted by atomic mass is 19.4. The Hall–Kier alpha value is -2.79. The quantitative estimate of drug-likeness (QED) is 0.466. The Morgan fingerprint density at radius 3 is 2.35 bits per heavy atom. The van der Waals surface area contributed by atoms with Gasteiger partial charge in [-0.3, -0.25) is 9.69 Å². The third kappa shape index (κ3) is 5.16. The number of fused-ring (bicyclic) bond motifs is 3. The normalized spacial score (nSPS) is 29.4. The number of hydrogen-bond acceptors (Lipinski definition) is 4. The van der Waals surface area contributed by atoms with Gasteiger partial charge in [0.25, 0.3) is 0 Å². The van der Waals surface area contributed by atoms with Crippen LogP contribution >= 0.6 is 0 Å². The number of hydrogen-bond donors (Lipinski definition) is 1. The average molecular weight is 515 g/mol. The number of nitriles is 1. The van der Waals surface area contributed by atoms with Gasteiger partial charge < -0.3 is 9.84 Å². The second-order valence-corrected chi connectivity index (χ2v) is 11.0. The molecule has 5 rings (SSSR count). The van der Waals surface area contributed by atoms with Crippen LogP contribution in [0.5, 0.6) is 5.75 Å². The van der Waals surface area contributed by atoms with Crippen molar-refractivity contribution in [2.75, 3.05) is 0 Å². The fourth-order valence-corrected chi connectivity index (χ4v) is 6.91. The summed E-state index contributed by atoms with van der Waals surface area (Å²) in [6, 6.07) is 12.6. The van der Waals surface area contributed by atoms with Crippen LogP contribution in [-0.2, 0) is 4.79 Å². The highest BCUT2D eigenvalue weighted by Gasteiger charge is 2.43. The van der Waals surface area contributed by atoms with Crippen molar-refractivity contribution >= 4 is 16.7 Å². The first kappa shape index (κ1) is 25.8. The van der Waals surface area contributed by atoms with Gasteiger partial charge in [0, 0.05) is 23.5 Å². The van der Waals surface area contributed by atoms with E-state index in [-0.39, 0.29) is 43.0 Å². The minimum absolute atomic E-state index is 0.0522. The Balaban J connectivity index is 1.34. The van der Waals surface area contributed by atoms with E-state index in [1.807, 2.05) is 18.2 Å². The summed E-state index contributed by atoms with van der Waals surface area (Å²) in [6.45, 7) is 2.17. The summed E-state index contributed by atoms with van der Waals surface area (Å²) in [5.74, 6) is -1.80. The van der Waals surface area contributed by atoms with Crippen LogP contribution in [0.4, 0.5) is 13.2 Å². The lowest BCUT2D eigenvalue weighted by Crippen LogP contribution is -2.53. The maximum Gasteiger partial charge on any atom is 0.391 e. The number of ether oxygens (including phenoxy) is 1. The second kappa shape index (κ2) is 10.2. The van der Waals surface area contributed by atoms with Gasteiger partial charge in [0.05, 0.1) is 17.9 Å². The molecule has 37 heavy (non-hydrogen) atoms. The summed E-state index contributed by atoms with van der Waals surface area (Å²) in [4.78, 5) is 14.1. The number of halogens is 3. The van der Waals surface area contributed by atoms with E-state index in [1.54, 1.807) is 6.07 Å². The highest BCUT2D eigenvalue weighted by molar-refractivity contribution is 5.90. The zero-order chi connectivity index (χ0) is 26.3. The molecule has 0 aromatic heterocycles. The van der Waals surface area contributed by atoms with E-state index < -0.39 is 18.1 Å². The Bertz CT molecular complexity index is 1190. The van der Waals surface area contributed by atoms with Crippen LogP contribution in [0.25, 0.3) is 10.8 Å². The molecule has 3 aliphatic rings. The van der Waals surface area contributed by atoms with Gasteiger partial charge in [-0.2, -0.15) is 18.4 Å². The predicted octanol–water partition coefficient (Wildman–Crippen LogP) is 6.99. The van der Waals surface area contributed by atoms with Gasteiger partial charge in [0.2, 0.25) is 0 Å². The molecular weight excluding hydrogens is 481 g/mol. The molecule has 3 unspecified atom stereocenters. The zero-order valence-corrected chi connectivity index (χ0v) is 21.0. The molecule has 3 fully saturated rings. The topological polar surface area (TPSA) is 73.6 Å². The van der Waals surface area contributed by atoms with Crippen LogP contribution in [0.3, 0.4) is 0 Å². The molecule has 5 nitrogen and oxygen atoms in total. The lowest BCUT2D eigenvalue weighted by atomic mass is 9.77. The van der Waals surface area contributed by atoms with Crippen molar-refractivity contribution in [2.24, 2.45) is 11.8 Å². The standard InChI is InChI=1S/C29H33F3N2O3/c1-17(34-22-3-2-4-23(34)15-20(14-22)28(35)36)18-5-11-25-19(13-18)6-12-27(26(25)16-33)37-24-9-7-21(8-10-24)29(30,31)32/h5-6,11-13,17,20-24H,2-4,7-10,14-15H2,1H3,(H,35,36). The molecule has 1 N–H and O–H groups in total. The zero-order valence-electron chi connectivity index (χ0n) is 21.0. The Morgan fingerprint density at radius 2 is 1.76 bits per heavy atom. The van der Waals surface area contributed by atoms with Crippen LogP contribution in [-0.4, -0.2) is 40.3 Å². The summed E-state index contributed by atoms with van der Waals surface area (Å²) in [7, 11) is 0. The van der Waals surface area contributed by atoms with Crippen molar-refractivity contribution < 1.29 is 27.8 Å². The Kier molecular flexibility index (Phi) is 7.10. The molecule has 1 aliphatic carbocycles. The fraction of sp³-hybridized carbons (Fsp3) is 0.586. The number of carbonyl (C=O) groups is 1. The van der Waals surface area contributed by atoms with Gasteiger partial charge >= 0.3 is 12.1 Å². The number of rotatable bonds is 5. The number of nitrogens with zero attached hydrogens (tertiary/aromatic N) is 2. The van der Waals surface area contributed by atoms with Crippen molar-refractivity contribution in [3.05, 3.63) is 41.5 Å². The largest absolute Gasteiger partial charge is 0.489 e. The predicted molar refractivity (Wildman–Crippen MR) is 133 cm³/mol. The number of benzene rings is 2. The molecule has 198 valence electrons. The Labute approximate surface area is 215 Å². The smallest absolute Gasteiger partial charge is 0.391 e. The summed E-state index contributed by atoms with van der Waals surface area (Å²) in [5, 5.41) is 21.2. The molecule has 0 radical (unpaired) electrons. The fourth-order valence-electron chi connectivity index (χ4n) is 6.91. The molecular formula is C29H33F3N2O3. The van der Waals surface area contributed by atoms with E-state index in [0.29, 0.717) is 37.0 Å². The van der Waals surface area contributed by atoms with E-state index in [0.717, 1.165) is 35.6 Å². The summed E-state index contributed by atoms with van der Waals surface area (Å²) in [5.41, 5.74) is 1.54. The van der Waals surface area contributed by atoms with E-state index >= 15 is 0 Å². The molecule has 1 saturated carbocycles. The lowest BCUT2D eigenvalue weighted by molar-refractivity contribution is -0.185. The average Bonchev–Trinajstić information content (AvgIpc) is 2.86. The molecule has 8 heteroatoms. The third-order valence-corrected chi connectivity index (χ3v) is 8.86. The van der Waals surface area contributed by atoms with E-state index in [2.05, 4.69) is 24.0 Å².